The highest BCUT2D eigenvalue weighted by Crippen LogP contribution is 2.63. The van der Waals surface area contributed by atoms with Gasteiger partial charge in [-0.2, -0.15) is 5.10 Å². The second kappa shape index (κ2) is 6.65. The van der Waals surface area contributed by atoms with Gasteiger partial charge in [-0.25, -0.2) is 23.1 Å². The van der Waals surface area contributed by atoms with Gasteiger partial charge in [0, 0.05) is 49.9 Å². The van der Waals surface area contributed by atoms with Crippen LogP contribution in [0.1, 0.15) is 18.4 Å². The lowest BCUT2D eigenvalue weighted by molar-refractivity contribution is -0.0806. The molecule has 1 N–H and O–H groups in total. The van der Waals surface area contributed by atoms with E-state index in [1.165, 1.54) is 12.1 Å². The topological polar surface area (TPSA) is 69.0 Å². The lowest BCUT2D eigenvalue weighted by Gasteiger charge is -2.59. The van der Waals surface area contributed by atoms with Crippen LogP contribution in [0.5, 0.6) is 0 Å². The van der Waals surface area contributed by atoms with E-state index in [1.807, 2.05) is 11.0 Å². The maximum absolute atomic E-state index is 14.7. The first-order chi connectivity index (χ1) is 16.4. The largest absolute Gasteiger partial charge is 0.346 e. The van der Waals surface area contributed by atoms with Gasteiger partial charge < -0.3 is 20.0 Å². The monoisotopic (exact) mass is 465 g/mol. The van der Waals surface area contributed by atoms with Gasteiger partial charge in [0.25, 0.3) is 0 Å². The summed E-state index contributed by atoms with van der Waals surface area (Å²) in [4.78, 5) is 23.8. The van der Waals surface area contributed by atoms with Crippen LogP contribution >= 0.6 is 0 Å². The molecule has 2 atom stereocenters. The molecule has 1 aliphatic carbocycles. The van der Waals surface area contributed by atoms with Gasteiger partial charge in [-0.05, 0) is 50.1 Å². The number of carbonyl (C=O) groups is 1. The quantitative estimate of drug-likeness (QED) is 0.644. The number of piperidine rings is 1. The number of amides is 2. The summed E-state index contributed by atoms with van der Waals surface area (Å²) in [6.45, 7) is 4.30. The number of rotatable bonds is 3. The maximum atomic E-state index is 14.7. The van der Waals surface area contributed by atoms with Gasteiger partial charge in [0.05, 0.1) is 11.7 Å². The summed E-state index contributed by atoms with van der Waals surface area (Å²) in [7, 11) is 2.09. The van der Waals surface area contributed by atoms with Crippen molar-refractivity contribution in [3.63, 3.8) is 0 Å². The molecule has 3 aromatic rings. The molecule has 176 valence electrons. The van der Waals surface area contributed by atoms with Crippen molar-refractivity contribution in [2.45, 2.75) is 18.4 Å². The SMILES string of the molecule is CN1CC2(C1)CN(C(=O)Nc1cnn3ccc(N4CC[C@H]5C[C@]54c4cc(F)ccc4F)nc13)C2. The summed E-state index contributed by atoms with van der Waals surface area (Å²) >= 11 is 0. The average molecular weight is 466 g/mol. The average Bonchev–Trinajstić information content (AvgIpc) is 3.17. The number of carbonyl (C=O) groups excluding carboxylic acids is 1. The number of anilines is 2. The van der Waals surface area contributed by atoms with Crippen LogP contribution in [-0.4, -0.2) is 70.2 Å². The smallest absolute Gasteiger partial charge is 0.322 e. The van der Waals surface area contributed by atoms with Crippen LogP contribution in [0.4, 0.5) is 25.1 Å². The molecule has 1 saturated carbocycles. The molecule has 5 heterocycles. The van der Waals surface area contributed by atoms with E-state index in [0.717, 1.165) is 45.1 Å². The third kappa shape index (κ3) is 2.74. The van der Waals surface area contributed by atoms with Crippen molar-refractivity contribution in [1.29, 1.82) is 0 Å². The summed E-state index contributed by atoms with van der Waals surface area (Å²) in [5.74, 6) is 0.121. The number of benzene rings is 1. The number of halogens is 2. The van der Waals surface area contributed by atoms with Crippen molar-refractivity contribution in [2.24, 2.45) is 11.3 Å². The first-order valence-electron chi connectivity index (χ1n) is 11.7. The van der Waals surface area contributed by atoms with Crippen LogP contribution in [0.25, 0.3) is 5.65 Å². The van der Waals surface area contributed by atoms with Crippen LogP contribution in [0.2, 0.25) is 0 Å². The van der Waals surface area contributed by atoms with E-state index < -0.39 is 11.4 Å². The number of nitrogens with one attached hydrogen (secondary N) is 1. The molecule has 4 aliphatic rings. The van der Waals surface area contributed by atoms with Gasteiger partial charge in [0.1, 0.15) is 23.1 Å². The molecule has 7 rings (SSSR count). The van der Waals surface area contributed by atoms with Crippen LogP contribution < -0.4 is 10.2 Å². The molecular formula is C24H25F2N7O. The van der Waals surface area contributed by atoms with Crippen molar-refractivity contribution in [2.75, 3.05) is 50.0 Å². The fraction of sp³-hybridized carbons (Fsp3) is 0.458. The minimum atomic E-state index is -0.567. The predicted molar refractivity (Wildman–Crippen MR) is 122 cm³/mol. The number of fused-ring (bicyclic) bond motifs is 2. The van der Waals surface area contributed by atoms with Crippen LogP contribution in [-0.2, 0) is 5.54 Å². The minimum absolute atomic E-state index is 0.149. The van der Waals surface area contributed by atoms with E-state index in [4.69, 9.17) is 4.98 Å². The van der Waals surface area contributed by atoms with E-state index >= 15 is 0 Å². The zero-order chi connectivity index (χ0) is 23.2. The highest BCUT2D eigenvalue weighted by molar-refractivity contribution is 5.93. The Kier molecular flexibility index (Phi) is 3.94. The number of hydrogen-bond acceptors (Lipinski definition) is 5. The van der Waals surface area contributed by atoms with Gasteiger partial charge in [-0.15, -0.1) is 0 Å². The Hall–Kier alpha value is -3.27. The van der Waals surface area contributed by atoms with Gasteiger partial charge in [-0.1, -0.05) is 0 Å². The second-order valence-electron chi connectivity index (χ2n) is 10.5. The Morgan fingerprint density at radius 1 is 1.18 bits per heavy atom. The first kappa shape index (κ1) is 20.1. The number of aromatic nitrogens is 3. The fourth-order valence-corrected chi connectivity index (χ4v) is 6.59. The maximum Gasteiger partial charge on any atom is 0.322 e. The molecule has 0 radical (unpaired) electrons. The minimum Gasteiger partial charge on any atom is -0.346 e. The summed E-state index contributed by atoms with van der Waals surface area (Å²) in [5, 5.41) is 7.29. The van der Waals surface area contributed by atoms with Crippen molar-refractivity contribution in [1.82, 2.24) is 24.4 Å². The number of likely N-dealkylation sites (tertiary alicyclic amines) is 2. The lowest BCUT2D eigenvalue weighted by atomic mass is 9.73. The van der Waals surface area contributed by atoms with Gasteiger partial charge >= 0.3 is 6.03 Å². The van der Waals surface area contributed by atoms with Crippen molar-refractivity contribution in [3.05, 3.63) is 53.9 Å². The third-order valence-corrected chi connectivity index (χ3v) is 8.07. The van der Waals surface area contributed by atoms with E-state index in [9.17, 15) is 13.6 Å². The standard InChI is InChI=1S/C24H25F2N7O/c1-30-11-23(12-30)13-31(14-23)22(34)28-19-10-27-33-7-5-20(29-21(19)33)32-6-4-15-9-24(15,32)17-8-16(25)2-3-18(17)26/h2-3,5,7-8,10,15H,4,6,9,11-14H2,1H3,(H,28,34)/t15-,24+/m0/s1. The zero-order valence-corrected chi connectivity index (χ0v) is 18.8. The van der Waals surface area contributed by atoms with Gasteiger partial charge in [0.2, 0.25) is 0 Å². The Morgan fingerprint density at radius 3 is 2.76 bits per heavy atom. The van der Waals surface area contributed by atoms with Crippen molar-refractivity contribution >= 4 is 23.2 Å². The Labute approximate surface area is 195 Å². The Bertz CT molecular complexity index is 1330. The molecule has 3 saturated heterocycles. The Morgan fingerprint density at radius 2 is 2.00 bits per heavy atom. The predicted octanol–water partition coefficient (Wildman–Crippen LogP) is 2.91. The molecule has 2 aromatic heterocycles. The molecule has 34 heavy (non-hydrogen) atoms. The van der Waals surface area contributed by atoms with E-state index in [2.05, 4.69) is 27.3 Å². The summed E-state index contributed by atoms with van der Waals surface area (Å²) in [5.41, 5.74) is 1.16. The molecule has 1 aromatic carbocycles. The summed E-state index contributed by atoms with van der Waals surface area (Å²) in [6, 6.07) is 5.37. The van der Waals surface area contributed by atoms with E-state index in [0.29, 0.717) is 29.3 Å². The molecule has 8 nitrogen and oxygen atoms in total. The molecule has 3 aliphatic heterocycles. The van der Waals surface area contributed by atoms with Crippen LogP contribution in [0, 0.1) is 23.0 Å². The Balaban J connectivity index is 1.16. The molecule has 10 heteroatoms. The van der Waals surface area contributed by atoms with Crippen molar-refractivity contribution in [3.8, 4) is 0 Å². The van der Waals surface area contributed by atoms with E-state index in [-0.39, 0.29) is 23.2 Å². The highest BCUT2D eigenvalue weighted by Gasteiger charge is 2.64. The number of hydrogen-bond donors (Lipinski definition) is 1. The highest BCUT2D eigenvalue weighted by atomic mass is 19.1. The molecule has 0 unspecified atom stereocenters. The molecule has 2 amide bonds. The molecule has 4 fully saturated rings. The second-order valence-corrected chi connectivity index (χ2v) is 10.5. The molecular weight excluding hydrogens is 440 g/mol. The number of nitrogens with zero attached hydrogens (tertiary/aromatic N) is 6. The molecule has 0 bridgehead atoms. The fourth-order valence-electron chi connectivity index (χ4n) is 6.59. The number of urea groups is 1. The zero-order valence-electron chi connectivity index (χ0n) is 18.8. The van der Waals surface area contributed by atoms with E-state index in [1.54, 1.807) is 16.9 Å². The van der Waals surface area contributed by atoms with Crippen LogP contribution in [0.15, 0.2) is 36.7 Å². The van der Waals surface area contributed by atoms with Crippen LogP contribution in [0.3, 0.4) is 0 Å². The summed E-state index contributed by atoms with van der Waals surface area (Å²) < 4.78 is 30.3. The van der Waals surface area contributed by atoms with Gasteiger partial charge in [0.15, 0.2) is 5.65 Å². The third-order valence-electron chi connectivity index (χ3n) is 8.07. The first-order valence-corrected chi connectivity index (χ1v) is 11.7. The van der Waals surface area contributed by atoms with Gasteiger partial charge in [-0.3, -0.25) is 0 Å². The normalized spacial score (nSPS) is 27.0. The van der Waals surface area contributed by atoms with Crippen molar-refractivity contribution < 1.29 is 13.6 Å². The lowest BCUT2D eigenvalue weighted by Crippen LogP contribution is -2.72. The summed E-state index contributed by atoms with van der Waals surface area (Å²) in [6.07, 6.45) is 5.07. The molecule has 1 spiro atoms.